The lowest BCUT2D eigenvalue weighted by Crippen LogP contribution is -2.20. The summed E-state index contributed by atoms with van der Waals surface area (Å²) in [4.78, 5) is 17.1. The van der Waals surface area contributed by atoms with E-state index in [2.05, 4.69) is 26.6 Å². The number of carbonyl (C=O) groups excluding carboxylic acids is 1. The lowest BCUT2D eigenvalue weighted by molar-refractivity contribution is -0.116. The third-order valence-electron chi connectivity index (χ3n) is 5.44. The maximum absolute atomic E-state index is 12.7. The highest BCUT2D eigenvalue weighted by molar-refractivity contribution is 6.35. The Bertz CT molecular complexity index is 1270. The van der Waals surface area contributed by atoms with Crippen LogP contribution in [-0.2, 0) is 17.9 Å². The van der Waals surface area contributed by atoms with Crippen LogP contribution < -0.4 is 5.32 Å². The quantitative estimate of drug-likeness (QED) is 0.453. The van der Waals surface area contributed by atoms with Gasteiger partial charge in [-0.1, -0.05) is 29.3 Å². The summed E-state index contributed by atoms with van der Waals surface area (Å²) in [6, 6.07) is 9.17. The van der Waals surface area contributed by atoms with Crippen molar-refractivity contribution in [1.29, 1.82) is 0 Å². The number of nitrogens with zero attached hydrogens (tertiary/aromatic N) is 5. The van der Waals surface area contributed by atoms with Gasteiger partial charge in [-0.25, -0.2) is 9.67 Å². The van der Waals surface area contributed by atoms with E-state index in [-0.39, 0.29) is 12.5 Å². The second-order valence-electron chi connectivity index (χ2n) is 7.76. The molecular formula is C22H20Cl2N6O. The molecule has 0 radical (unpaired) electrons. The number of pyridine rings is 1. The number of halogens is 2. The maximum Gasteiger partial charge on any atom is 0.247 e. The standard InChI is InChI=1S/C22H20Cl2N6O/c1-13-21-15(14-5-6-14)7-9-25-22(21)30(27-13)12-20(31)26-19-8-10-29(28-19)11-16-17(23)3-2-4-18(16)24/h2-4,7-10,14H,5-6,11-12H2,1H3,(H,26,28,31). The Balaban J connectivity index is 1.30. The molecule has 1 saturated carbocycles. The zero-order valence-electron chi connectivity index (χ0n) is 16.8. The van der Waals surface area contributed by atoms with Gasteiger partial charge >= 0.3 is 0 Å². The average molecular weight is 455 g/mol. The molecule has 4 aromatic rings. The van der Waals surface area contributed by atoms with Gasteiger partial charge in [-0.15, -0.1) is 0 Å². The van der Waals surface area contributed by atoms with E-state index in [4.69, 9.17) is 23.2 Å². The Morgan fingerprint density at radius 1 is 1.16 bits per heavy atom. The van der Waals surface area contributed by atoms with Crippen molar-refractivity contribution in [3.8, 4) is 0 Å². The monoisotopic (exact) mass is 454 g/mol. The minimum Gasteiger partial charge on any atom is -0.308 e. The summed E-state index contributed by atoms with van der Waals surface area (Å²) < 4.78 is 3.34. The third-order valence-corrected chi connectivity index (χ3v) is 6.15. The summed E-state index contributed by atoms with van der Waals surface area (Å²) in [5, 5.41) is 14.0. The normalized spacial score (nSPS) is 13.6. The van der Waals surface area contributed by atoms with Crippen LogP contribution >= 0.6 is 23.2 Å². The van der Waals surface area contributed by atoms with Gasteiger partial charge in [0.1, 0.15) is 6.54 Å². The number of aryl methyl sites for hydroxylation is 1. The smallest absolute Gasteiger partial charge is 0.247 e. The van der Waals surface area contributed by atoms with Crippen LogP contribution in [0.25, 0.3) is 11.0 Å². The molecule has 1 fully saturated rings. The summed E-state index contributed by atoms with van der Waals surface area (Å²) in [5.74, 6) is 0.823. The molecule has 1 aliphatic rings. The highest BCUT2D eigenvalue weighted by atomic mass is 35.5. The second-order valence-corrected chi connectivity index (χ2v) is 8.58. The molecule has 0 aliphatic heterocycles. The summed E-state index contributed by atoms with van der Waals surface area (Å²) >= 11 is 12.5. The van der Waals surface area contributed by atoms with Gasteiger partial charge in [-0.05, 0) is 49.4 Å². The lowest BCUT2D eigenvalue weighted by atomic mass is 10.1. The van der Waals surface area contributed by atoms with Crippen LogP contribution in [0.2, 0.25) is 10.0 Å². The van der Waals surface area contributed by atoms with Gasteiger partial charge in [0.15, 0.2) is 11.5 Å². The fourth-order valence-corrected chi connectivity index (χ4v) is 4.35. The molecule has 5 rings (SSSR count). The zero-order valence-corrected chi connectivity index (χ0v) is 18.4. The van der Waals surface area contributed by atoms with E-state index in [0.717, 1.165) is 22.3 Å². The molecule has 1 N–H and O–H groups in total. The van der Waals surface area contributed by atoms with Gasteiger partial charge in [0, 0.05) is 39.5 Å². The average Bonchev–Trinajstić information content (AvgIpc) is 3.42. The summed E-state index contributed by atoms with van der Waals surface area (Å²) in [5.41, 5.74) is 3.71. The first-order valence-corrected chi connectivity index (χ1v) is 10.8. The fourth-order valence-electron chi connectivity index (χ4n) is 3.83. The predicted octanol–water partition coefficient (Wildman–Crippen LogP) is 4.81. The highest BCUT2D eigenvalue weighted by Crippen LogP contribution is 2.43. The van der Waals surface area contributed by atoms with Crippen molar-refractivity contribution < 1.29 is 4.79 Å². The van der Waals surface area contributed by atoms with Crippen molar-refractivity contribution in [3.05, 3.63) is 69.6 Å². The number of hydrogen-bond donors (Lipinski definition) is 1. The fraction of sp³-hybridized carbons (Fsp3) is 0.273. The molecule has 0 unspecified atom stereocenters. The number of amides is 1. The molecule has 158 valence electrons. The largest absolute Gasteiger partial charge is 0.308 e. The van der Waals surface area contributed by atoms with E-state index in [1.54, 1.807) is 46.0 Å². The summed E-state index contributed by atoms with van der Waals surface area (Å²) in [6.07, 6.45) is 5.97. The number of anilines is 1. The number of carbonyl (C=O) groups is 1. The number of rotatable bonds is 6. The Kier molecular flexibility index (Phi) is 5.16. The molecule has 31 heavy (non-hydrogen) atoms. The van der Waals surface area contributed by atoms with Crippen molar-refractivity contribution in [1.82, 2.24) is 24.5 Å². The van der Waals surface area contributed by atoms with Crippen LogP contribution in [0, 0.1) is 6.92 Å². The molecule has 0 atom stereocenters. The number of aromatic nitrogens is 5. The van der Waals surface area contributed by atoms with Crippen molar-refractivity contribution in [2.75, 3.05) is 5.32 Å². The minimum absolute atomic E-state index is 0.0641. The van der Waals surface area contributed by atoms with E-state index in [1.165, 1.54) is 18.4 Å². The molecule has 3 aromatic heterocycles. The maximum atomic E-state index is 12.7. The van der Waals surface area contributed by atoms with Crippen LogP contribution in [0.15, 0.2) is 42.7 Å². The molecule has 3 heterocycles. The summed E-state index contributed by atoms with van der Waals surface area (Å²) in [7, 11) is 0. The molecule has 1 aliphatic carbocycles. The SMILES string of the molecule is Cc1nn(CC(=O)Nc2ccn(Cc3c(Cl)cccc3Cl)n2)c2nccc(C3CC3)c12. The number of benzene rings is 1. The van der Waals surface area contributed by atoms with E-state index in [9.17, 15) is 4.79 Å². The van der Waals surface area contributed by atoms with Crippen LogP contribution in [-0.4, -0.2) is 30.5 Å². The number of hydrogen-bond acceptors (Lipinski definition) is 4. The molecule has 0 spiro atoms. The van der Waals surface area contributed by atoms with Crippen LogP contribution in [0.5, 0.6) is 0 Å². The van der Waals surface area contributed by atoms with Gasteiger partial charge < -0.3 is 5.32 Å². The highest BCUT2D eigenvalue weighted by Gasteiger charge is 2.27. The third kappa shape index (κ3) is 4.03. The Labute approximate surface area is 189 Å². The van der Waals surface area contributed by atoms with Crippen molar-refractivity contribution in [3.63, 3.8) is 0 Å². The van der Waals surface area contributed by atoms with Gasteiger partial charge in [0.2, 0.25) is 5.91 Å². The van der Waals surface area contributed by atoms with Gasteiger partial charge in [-0.3, -0.25) is 9.48 Å². The Hall–Kier alpha value is -2.90. The van der Waals surface area contributed by atoms with Crippen LogP contribution in [0.1, 0.15) is 35.6 Å². The van der Waals surface area contributed by atoms with Crippen LogP contribution in [0.4, 0.5) is 5.82 Å². The molecule has 1 aromatic carbocycles. The first kappa shape index (κ1) is 20.0. The molecule has 7 nitrogen and oxygen atoms in total. The van der Waals surface area contributed by atoms with E-state index >= 15 is 0 Å². The molecule has 1 amide bonds. The Morgan fingerprint density at radius 3 is 2.68 bits per heavy atom. The van der Waals surface area contributed by atoms with Crippen molar-refractivity contribution >= 4 is 46.0 Å². The number of nitrogens with one attached hydrogen (secondary N) is 1. The van der Waals surface area contributed by atoms with Gasteiger partial charge in [0.05, 0.1) is 12.2 Å². The molecule has 0 saturated heterocycles. The predicted molar refractivity (Wildman–Crippen MR) is 121 cm³/mol. The molecule has 0 bridgehead atoms. The number of fused-ring (bicyclic) bond motifs is 1. The van der Waals surface area contributed by atoms with E-state index < -0.39 is 0 Å². The molecule has 9 heteroatoms. The summed E-state index contributed by atoms with van der Waals surface area (Å²) in [6.45, 7) is 2.44. The molecular weight excluding hydrogens is 435 g/mol. The van der Waals surface area contributed by atoms with E-state index in [0.29, 0.717) is 28.3 Å². The van der Waals surface area contributed by atoms with Gasteiger partial charge in [-0.2, -0.15) is 10.2 Å². The van der Waals surface area contributed by atoms with E-state index in [1.807, 2.05) is 6.92 Å². The first-order valence-electron chi connectivity index (χ1n) is 10.1. The van der Waals surface area contributed by atoms with Crippen molar-refractivity contribution in [2.24, 2.45) is 0 Å². The first-order chi connectivity index (χ1) is 15.0. The van der Waals surface area contributed by atoms with Crippen LogP contribution in [0.3, 0.4) is 0 Å². The minimum atomic E-state index is -0.218. The Morgan fingerprint density at radius 2 is 1.94 bits per heavy atom. The lowest BCUT2D eigenvalue weighted by Gasteiger charge is -2.07. The van der Waals surface area contributed by atoms with Gasteiger partial charge in [0.25, 0.3) is 0 Å². The van der Waals surface area contributed by atoms with Crippen molar-refractivity contribution in [2.45, 2.75) is 38.8 Å². The topological polar surface area (TPSA) is 77.6 Å². The second kappa shape index (κ2) is 7.98. The zero-order chi connectivity index (χ0) is 21.5.